The Balaban J connectivity index is 2.92. The fourth-order valence-corrected chi connectivity index (χ4v) is 2.31. The Bertz CT molecular complexity index is 645. The smallest absolute Gasteiger partial charge is 0.197 e. The molecule has 18 heavy (non-hydrogen) atoms. The van der Waals surface area contributed by atoms with E-state index >= 15 is 0 Å². The van der Waals surface area contributed by atoms with Gasteiger partial charge in [-0.3, -0.25) is 4.79 Å². The Morgan fingerprint density at radius 1 is 1.22 bits per heavy atom. The molecule has 1 aromatic carbocycles. The summed E-state index contributed by atoms with van der Waals surface area (Å²) in [4.78, 5) is 12.1. The quantitative estimate of drug-likeness (QED) is 0.799. The molecule has 0 bridgehead atoms. The van der Waals surface area contributed by atoms with E-state index in [2.05, 4.69) is 0 Å². The summed E-state index contributed by atoms with van der Waals surface area (Å²) in [5, 5.41) is 1.02. The molecule has 0 aliphatic rings. The highest BCUT2D eigenvalue weighted by molar-refractivity contribution is 7.98. The molecule has 0 fully saturated rings. The molecule has 0 radical (unpaired) electrons. The summed E-state index contributed by atoms with van der Waals surface area (Å²) < 4.78 is 16.2. The van der Waals surface area contributed by atoms with Crippen LogP contribution in [0, 0.1) is 6.92 Å². The molecule has 0 saturated heterocycles. The molecule has 2 rings (SSSR count). The van der Waals surface area contributed by atoms with Crippen molar-refractivity contribution in [1.29, 1.82) is 0 Å². The summed E-state index contributed by atoms with van der Waals surface area (Å²) >= 11 is 1.38. The van der Waals surface area contributed by atoms with Crippen LogP contribution in [-0.2, 0) is 0 Å². The van der Waals surface area contributed by atoms with Gasteiger partial charge in [-0.2, -0.15) is 0 Å². The molecule has 0 saturated carbocycles. The van der Waals surface area contributed by atoms with Gasteiger partial charge in [0.15, 0.2) is 10.5 Å². The highest BCUT2D eigenvalue weighted by Crippen LogP contribution is 2.35. The van der Waals surface area contributed by atoms with E-state index in [4.69, 9.17) is 13.9 Å². The van der Waals surface area contributed by atoms with Crippen LogP contribution in [0.4, 0.5) is 0 Å². The zero-order valence-corrected chi connectivity index (χ0v) is 11.5. The normalized spacial score (nSPS) is 10.7. The van der Waals surface area contributed by atoms with Gasteiger partial charge in [0, 0.05) is 17.7 Å². The third-order valence-corrected chi connectivity index (χ3v) is 3.38. The summed E-state index contributed by atoms with van der Waals surface area (Å²) in [5.41, 5.74) is 1.16. The lowest BCUT2D eigenvalue weighted by Crippen LogP contribution is -2.04. The monoisotopic (exact) mass is 266 g/mol. The van der Waals surface area contributed by atoms with Crippen LogP contribution in [0.1, 0.15) is 5.56 Å². The molecule has 0 unspecified atom stereocenters. The minimum absolute atomic E-state index is 0.108. The fourth-order valence-electron chi connectivity index (χ4n) is 1.91. The molecule has 0 aliphatic heterocycles. The summed E-state index contributed by atoms with van der Waals surface area (Å²) in [6, 6.07) is 3.19. The van der Waals surface area contributed by atoms with E-state index in [1.54, 1.807) is 13.2 Å². The van der Waals surface area contributed by atoms with E-state index in [0.717, 1.165) is 5.56 Å². The van der Waals surface area contributed by atoms with E-state index in [1.165, 1.54) is 24.9 Å². The Labute approximate surface area is 109 Å². The second-order valence-corrected chi connectivity index (χ2v) is 4.55. The van der Waals surface area contributed by atoms with E-state index in [9.17, 15) is 4.79 Å². The SMILES string of the molecule is COc1cc2oc(SC)cc(=O)c2c(OC)c1C. The standard InChI is InChI=1S/C13H14O4S/c1-7-9(15-2)6-10-12(13(7)16-3)8(14)5-11(17-10)18-4/h5-6H,1-4H3. The number of ether oxygens (including phenoxy) is 2. The van der Waals surface area contributed by atoms with E-state index in [0.29, 0.717) is 27.6 Å². The third-order valence-electron chi connectivity index (χ3n) is 2.78. The zero-order chi connectivity index (χ0) is 13.3. The summed E-state index contributed by atoms with van der Waals surface area (Å²) in [7, 11) is 3.10. The molecule has 4 nitrogen and oxygen atoms in total. The number of hydrogen-bond donors (Lipinski definition) is 0. The van der Waals surface area contributed by atoms with Gasteiger partial charge >= 0.3 is 0 Å². The van der Waals surface area contributed by atoms with Gasteiger partial charge in [-0.05, 0) is 13.2 Å². The van der Waals surface area contributed by atoms with Crippen molar-refractivity contribution in [2.24, 2.45) is 0 Å². The lowest BCUT2D eigenvalue weighted by Gasteiger charge is -2.12. The molecule has 5 heteroatoms. The van der Waals surface area contributed by atoms with Gasteiger partial charge in [0.2, 0.25) is 0 Å². The first-order valence-corrected chi connectivity index (χ1v) is 6.58. The maximum absolute atomic E-state index is 12.1. The molecular formula is C13H14O4S. The first kappa shape index (κ1) is 12.8. The summed E-state index contributed by atoms with van der Waals surface area (Å²) in [6.45, 7) is 1.85. The fraction of sp³-hybridized carbons (Fsp3) is 0.308. The Morgan fingerprint density at radius 3 is 2.50 bits per heavy atom. The van der Waals surface area contributed by atoms with Gasteiger partial charge in [0.1, 0.15) is 22.5 Å². The largest absolute Gasteiger partial charge is 0.496 e. The first-order valence-electron chi connectivity index (χ1n) is 5.35. The minimum atomic E-state index is -0.108. The van der Waals surface area contributed by atoms with Crippen molar-refractivity contribution in [1.82, 2.24) is 0 Å². The third kappa shape index (κ3) is 1.95. The number of fused-ring (bicyclic) bond motifs is 1. The second kappa shape index (κ2) is 4.94. The molecule has 0 N–H and O–H groups in total. The average Bonchev–Trinajstić information content (AvgIpc) is 2.38. The second-order valence-electron chi connectivity index (χ2n) is 3.74. The molecule has 1 heterocycles. The van der Waals surface area contributed by atoms with Gasteiger partial charge < -0.3 is 13.9 Å². The lowest BCUT2D eigenvalue weighted by atomic mass is 10.1. The molecule has 0 spiro atoms. The van der Waals surface area contributed by atoms with Crippen LogP contribution in [0.25, 0.3) is 11.0 Å². The summed E-state index contributed by atoms with van der Waals surface area (Å²) in [5.74, 6) is 1.14. The molecule has 1 aromatic heterocycles. The Kier molecular flexibility index (Phi) is 3.52. The molecule has 96 valence electrons. The molecule has 2 aromatic rings. The average molecular weight is 266 g/mol. The van der Waals surface area contributed by atoms with Crippen LogP contribution in [-0.4, -0.2) is 20.5 Å². The summed E-state index contributed by atoms with van der Waals surface area (Å²) in [6.07, 6.45) is 1.85. The highest BCUT2D eigenvalue weighted by atomic mass is 32.2. The van der Waals surface area contributed by atoms with Crippen molar-refractivity contribution in [2.45, 2.75) is 12.0 Å². The Hall–Kier alpha value is -1.62. The highest BCUT2D eigenvalue weighted by Gasteiger charge is 2.16. The molecule has 0 atom stereocenters. The predicted octanol–water partition coefficient (Wildman–Crippen LogP) is 2.84. The van der Waals surface area contributed by atoms with E-state index < -0.39 is 0 Å². The van der Waals surface area contributed by atoms with Crippen molar-refractivity contribution < 1.29 is 13.9 Å². The van der Waals surface area contributed by atoms with Gasteiger partial charge in [-0.1, -0.05) is 11.8 Å². The van der Waals surface area contributed by atoms with Gasteiger partial charge in [0.05, 0.1) is 14.2 Å². The van der Waals surface area contributed by atoms with Gasteiger partial charge in [-0.15, -0.1) is 0 Å². The number of benzene rings is 1. The van der Waals surface area contributed by atoms with Crippen LogP contribution in [0.2, 0.25) is 0 Å². The predicted molar refractivity (Wildman–Crippen MR) is 72.1 cm³/mol. The van der Waals surface area contributed by atoms with Gasteiger partial charge in [0.25, 0.3) is 0 Å². The Morgan fingerprint density at radius 2 is 1.94 bits per heavy atom. The van der Waals surface area contributed by atoms with Crippen LogP contribution in [0.3, 0.4) is 0 Å². The first-order chi connectivity index (χ1) is 8.62. The number of hydrogen-bond acceptors (Lipinski definition) is 5. The van der Waals surface area contributed by atoms with Crippen LogP contribution in [0.5, 0.6) is 11.5 Å². The minimum Gasteiger partial charge on any atom is -0.496 e. The number of methoxy groups -OCH3 is 2. The number of thioether (sulfide) groups is 1. The van der Waals surface area contributed by atoms with Crippen LogP contribution in [0.15, 0.2) is 26.4 Å². The van der Waals surface area contributed by atoms with Crippen molar-refractivity contribution >= 4 is 22.7 Å². The number of rotatable bonds is 3. The van der Waals surface area contributed by atoms with E-state index in [1.807, 2.05) is 13.2 Å². The molecule has 0 amide bonds. The maximum Gasteiger partial charge on any atom is 0.197 e. The molecular weight excluding hydrogens is 252 g/mol. The lowest BCUT2D eigenvalue weighted by molar-refractivity contribution is 0.389. The maximum atomic E-state index is 12.1. The van der Waals surface area contributed by atoms with Crippen molar-refractivity contribution in [3.05, 3.63) is 27.9 Å². The van der Waals surface area contributed by atoms with Crippen LogP contribution < -0.4 is 14.9 Å². The van der Waals surface area contributed by atoms with Crippen molar-refractivity contribution in [3.8, 4) is 11.5 Å². The van der Waals surface area contributed by atoms with Crippen molar-refractivity contribution in [3.63, 3.8) is 0 Å². The van der Waals surface area contributed by atoms with Crippen LogP contribution >= 0.6 is 11.8 Å². The van der Waals surface area contributed by atoms with E-state index in [-0.39, 0.29) is 5.43 Å². The van der Waals surface area contributed by atoms with Gasteiger partial charge in [-0.25, -0.2) is 0 Å². The van der Waals surface area contributed by atoms with Crippen molar-refractivity contribution in [2.75, 3.05) is 20.5 Å². The zero-order valence-electron chi connectivity index (χ0n) is 10.7. The topological polar surface area (TPSA) is 48.7 Å². The molecule has 0 aliphatic carbocycles.